The van der Waals surface area contributed by atoms with E-state index < -0.39 is 0 Å². The maximum atomic E-state index is 11.7. The van der Waals surface area contributed by atoms with Crippen LogP contribution in [0.15, 0.2) is 24.3 Å². The van der Waals surface area contributed by atoms with Gasteiger partial charge in [-0.1, -0.05) is 30.4 Å². The predicted molar refractivity (Wildman–Crippen MR) is 69.4 cm³/mol. The number of hydrogen-bond donors (Lipinski definition) is 0. The van der Waals surface area contributed by atoms with Gasteiger partial charge in [0.2, 0.25) is 0 Å². The molecule has 0 N–H and O–H groups in total. The second-order valence-corrected chi connectivity index (χ2v) is 4.20. The Hall–Kier alpha value is -2.09. The molecule has 0 heterocycles. The van der Waals surface area contributed by atoms with Crippen LogP contribution in [-0.4, -0.2) is 12.9 Å². The fourth-order valence-electron chi connectivity index (χ4n) is 2.44. The van der Waals surface area contributed by atoms with Gasteiger partial charge >= 0.3 is 0 Å². The van der Waals surface area contributed by atoms with Crippen LogP contribution in [0.5, 0.6) is 5.75 Å². The molecule has 2 nitrogen and oxygen atoms in total. The van der Waals surface area contributed by atoms with Gasteiger partial charge in [-0.25, -0.2) is 0 Å². The van der Waals surface area contributed by atoms with E-state index in [-0.39, 0.29) is 5.78 Å². The van der Waals surface area contributed by atoms with E-state index in [0.717, 1.165) is 33.2 Å². The lowest BCUT2D eigenvalue weighted by atomic mass is 9.96. The second-order valence-electron chi connectivity index (χ2n) is 4.20. The van der Waals surface area contributed by atoms with Crippen molar-refractivity contribution in [2.75, 3.05) is 7.11 Å². The standard InChI is InChI=1S/C15H12O2/c1-9(16)12-7-5-10-3-4-11-6-8-13(17-2)15(12)14(10)11/h3-8H,1-2H3. The Balaban J connectivity index is 2.52. The highest BCUT2D eigenvalue weighted by Gasteiger charge is 2.17. The van der Waals surface area contributed by atoms with E-state index in [9.17, 15) is 4.79 Å². The fourth-order valence-corrected chi connectivity index (χ4v) is 2.44. The number of rotatable bonds is 2. The molecule has 0 saturated carbocycles. The number of carbonyl (C=O) groups excluding carboxylic acids is 1. The lowest BCUT2D eigenvalue weighted by molar-refractivity contribution is 0.101. The van der Waals surface area contributed by atoms with Crippen molar-refractivity contribution in [1.29, 1.82) is 0 Å². The molecule has 17 heavy (non-hydrogen) atoms. The van der Waals surface area contributed by atoms with Crippen LogP contribution in [0.2, 0.25) is 0 Å². The van der Waals surface area contributed by atoms with E-state index >= 15 is 0 Å². The van der Waals surface area contributed by atoms with Gasteiger partial charge < -0.3 is 4.74 Å². The number of hydrogen-bond acceptors (Lipinski definition) is 2. The Morgan fingerprint density at radius 2 is 1.65 bits per heavy atom. The molecule has 2 aromatic carbocycles. The van der Waals surface area contributed by atoms with Gasteiger partial charge in [-0.2, -0.15) is 0 Å². The highest BCUT2D eigenvalue weighted by molar-refractivity contribution is 6.16. The zero-order valence-electron chi connectivity index (χ0n) is 9.78. The van der Waals surface area contributed by atoms with Crippen LogP contribution in [0.4, 0.5) is 0 Å². The number of ketones is 1. The highest BCUT2D eigenvalue weighted by atomic mass is 16.5. The van der Waals surface area contributed by atoms with Crippen molar-refractivity contribution in [1.82, 2.24) is 0 Å². The SMILES string of the molecule is COc1ccc2c3c(ccc(C(C)=O)c13)C=C2. The molecule has 1 aliphatic carbocycles. The average molecular weight is 224 g/mol. The zero-order valence-corrected chi connectivity index (χ0v) is 9.78. The van der Waals surface area contributed by atoms with Crippen LogP contribution < -0.4 is 4.74 Å². The van der Waals surface area contributed by atoms with Crippen LogP contribution in [0.1, 0.15) is 28.4 Å². The molecule has 0 spiro atoms. The normalized spacial score (nSPS) is 12.1. The second kappa shape index (κ2) is 3.45. The Kier molecular flexibility index (Phi) is 2.05. The van der Waals surface area contributed by atoms with Gasteiger partial charge in [0.1, 0.15) is 5.75 Å². The molecule has 2 aromatic rings. The molecular weight excluding hydrogens is 212 g/mol. The van der Waals surface area contributed by atoms with Gasteiger partial charge in [-0.3, -0.25) is 4.79 Å². The summed E-state index contributed by atoms with van der Waals surface area (Å²) in [6.45, 7) is 1.59. The van der Waals surface area contributed by atoms with Gasteiger partial charge in [0.15, 0.2) is 5.78 Å². The molecule has 2 heteroatoms. The Morgan fingerprint density at radius 1 is 1.00 bits per heavy atom. The third-order valence-electron chi connectivity index (χ3n) is 3.23. The predicted octanol–water partition coefficient (Wildman–Crippen LogP) is 3.53. The minimum absolute atomic E-state index is 0.0684. The molecule has 0 unspecified atom stereocenters. The Bertz CT molecular complexity index is 654. The first kappa shape index (κ1) is 10.1. The van der Waals surface area contributed by atoms with Crippen molar-refractivity contribution in [3.63, 3.8) is 0 Å². The average Bonchev–Trinajstić information content (AvgIpc) is 2.75. The quantitative estimate of drug-likeness (QED) is 0.622. The minimum Gasteiger partial charge on any atom is -0.496 e. The number of benzene rings is 2. The number of methoxy groups -OCH3 is 1. The van der Waals surface area contributed by atoms with Crippen molar-refractivity contribution >= 4 is 28.7 Å². The van der Waals surface area contributed by atoms with Gasteiger partial charge in [0.25, 0.3) is 0 Å². The first-order chi connectivity index (χ1) is 8.22. The van der Waals surface area contributed by atoms with Crippen LogP contribution in [0, 0.1) is 0 Å². The van der Waals surface area contributed by atoms with Crippen molar-refractivity contribution in [2.45, 2.75) is 6.92 Å². The van der Waals surface area contributed by atoms with Crippen molar-refractivity contribution in [2.24, 2.45) is 0 Å². The molecule has 0 atom stereocenters. The van der Waals surface area contributed by atoms with Gasteiger partial charge in [-0.15, -0.1) is 0 Å². The molecule has 0 radical (unpaired) electrons. The first-order valence-electron chi connectivity index (χ1n) is 5.55. The van der Waals surface area contributed by atoms with E-state index in [0.29, 0.717) is 0 Å². The van der Waals surface area contributed by atoms with E-state index in [1.165, 1.54) is 0 Å². The summed E-state index contributed by atoms with van der Waals surface area (Å²) in [7, 11) is 1.64. The minimum atomic E-state index is 0.0684. The smallest absolute Gasteiger partial charge is 0.160 e. The summed E-state index contributed by atoms with van der Waals surface area (Å²) in [5, 5.41) is 2.05. The summed E-state index contributed by atoms with van der Waals surface area (Å²) in [5.41, 5.74) is 3.03. The lowest BCUT2D eigenvalue weighted by Crippen LogP contribution is -1.97. The molecule has 0 amide bonds. The zero-order chi connectivity index (χ0) is 12.0. The van der Waals surface area contributed by atoms with Crippen molar-refractivity contribution in [3.8, 4) is 5.75 Å². The number of Topliss-reactive ketones (excluding diaryl/α,β-unsaturated/α-hetero) is 1. The Morgan fingerprint density at radius 3 is 2.24 bits per heavy atom. The van der Waals surface area contributed by atoms with E-state index in [4.69, 9.17) is 4.74 Å². The summed E-state index contributed by atoms with van der Waals surface area (Å²) < 4.78 is 5.38. The number of ether oxygens (including phenoxy) is 1. The maximum absolute atomic E-state index is 11.7. The van der Waals surface area contributed by atoms with Gasteiger partial charge in [0.05, 0.1) is 7.11 Å². The Labute approximate surface area is 99.5 Å². The lowest BCUT2D eigenvalue weighted by Gasteiger charge is -2.11. The van der Waals surface area contributed by atoms with E-state index in [2.05, 4.69) is 12.2 Å². The van der Waals surface area contributed by atoms with Crippen LogP contribution in [-0.2, 0) is 0 Å². The third-order valence-corrected chi connectivity index (χ3v) is 3.23. The number of carbonyl (C=O) groups is 1. The van der Waals surface area contributed by atoms with Gasteiger partial charge in [0, 0.05) is 16.3 Å². The molecule has 0 aliphatic heterocycles. The molecule has 0 saturated heterocycles. The van der Waals surface area contributed by atoms with Crippen molar-refractivity contribution < 1.29 is 9.53 Å². The molecule has 3 rings (SSSR count). The fraction of sp³-hybridized carbons (Fsp3) is 0.133. The summed E-state index contributed by atoms with van der Waals surface area (Å²) in [5.74, 6) is 0.832. The van der Waals surface area contributed by atoms with Crippen LogP contribution in [0.3, 0.4) is 0 Å². The van der Waals surface area contributed by atoms with Gasteiger partial charge in [-0.05, 0) is 24.1 Å². The molecule has 0 fully saturated rings. The monoisotopic (exact) mass is 224 g/mol. The van der Waals surface area contributed by atoms with Crippen molar-refractivity contribution in [3.05, 3.63) is 41.0 Å². The summed E-state index contributed by atoms with van der Waals surface area (Å²) in [4.78, 5) is 11.7. The maximum Gasteiger partial charge on any atom is 0.160 e. The van der Waals surface area contributed by atoms with E-state index in [1.54, 1.807) is 14.0 Å². The summed E-state index contributed by atoms with van der Waals surface area (Å²) in [6, 6.07) is 7.81. The first-order valence-corrected chi connectivity index (χ1v) is 5.55. The van der Waals surface area contributed by atoms with Crippen LogP contribution >= 0.6 is 0 Å². The molecular formula is C15H12O2. The van der Waals surface area contributed by atoms with E-state index in [1.807, 2.05) is 24.3 Å². The largest absolute Gasteiger partial charge is 0.496 e. The summed E-state index contributed by atoms with van der Waals surface area (Å²) >= 11 is 0. The highest BCUT2D eigenvalue weighted by Crippen LogP contribution is 2.38. The summed E-state index contributed by atoms with van der Waals surface area (Å²) in [6.07, 6.45) is 4.14. The molecule has 1 aliphatic rings. The topological polar surface area (TPSA) is 26.3 Å². The molecule has 0 aromatic heterocycles. The van der Waals surface area contributed by atoms with Crippen LogP contribution in [0.25, 0.3) is 22.9 Å². The molecule has 0 bridgehead atoms. The third kappa shape index (κ3) is 1.30. The molecule has 84 valence electrons.